The Bertz CT molecular complexity index is 5320. The number of imidazole rings is 3. The number of aliphatic hydroxyl groups is 7. The van der Waals surface area contributed by atoms with Crippen molar-refractivity contribution in [2.24, 2.45) is 0 Å². The minimum atomic E-state index is -5.94. The molecule has 5 aliphatic heterocycles. The molecule has 5 aliphatic rings. The summed E-state index contributed by atoms with van der Waals surface area (Å²) in [5.41, 5.74) is 8.25. The number of hydrogen-bond donors (Lipinski definition) is 19. The molecule has 24 atom stereocenters. The fourth-order valence-electron chi connectivity index (χ4n) is 12.0. The number of phosphoric ester groups is 4. The maximum atomic E-state index is 14.3. The van der Waals surface area contributed by atoms with Crippen molar-refractivity contribution in [2.75, 3.05) is 50.2 Å². The topological polar surface area (TPSA) is 789 Å². The molecule has 0 aliphatic carbocycles. The lowest BCUT2D eigenvalue weighted by molar-refractivity contribution is -0.0651. The number of anilines is 3. The van der Waals surface area contributed by atoms with Crippen LogP contribution >= 0.6 is 31.3 Å². The van der Waals surface area contributed by atoms with E-state index in [1.807, 2.05) is 9.97 Å². The van der Waals surface area contributed by atoms with Crippen LogP contribution in [0.3, 0.4) is 0 Å². The summed E-state index contributed by atoms with van der Waals surface area (Å²) in [6.07, 6.45) is -36.3. The van der Waals surface area contributed by atoms with E-state index in [-0.39, 0.29) is 17.1 Å². The molecule has 4 unspecified atom stereocenters. The number of ether oxygens (including phenoxy) is 5. The van der Waals surface area contributed by atoms with Crippen molar-refractivity contribution < 1.29 is 133 Å². The van der Waals surface area contributed by atoms with Crippen molar-refractivity contribution in [1.29, 1.82) is 0 Å². The molecule has 54 nitrogen and oxygen atoms in total. The Morgan fingerprint density at radius 2 is 0.670 bits per heavy atom. The van der Waals surface area contributed by atoms with Crippen LogP contribution in [0.1, 0.15) is 31.1 Å². The summed E-state index contributed by atoms with van der Waals surface area (Å²) < 4.78 is 131. The fraction of sp³-hybridized carbons (Fsp3) is 0.521. The third kappa shape index (κ3) is 15.1. The van der Waals surface area contributed by atoms with Crippen molar-refractivity contribution >= 4 is 82.6 Å². The third-order valence-corrected chi connectivity index (χ3v) is 20.7. The SMILES string of the molecule is Nc1nc2c(ncn2[C@@H]2O[C@H](COP(=O)(O)O[C@H]3[C@@H](O)[C@H](n4ccc(=O)[nH]c4=O)O[C@@H]3COP(=O)(O)O[C@H]3[C@@H](O)[C@H](n4cnc5c(=O)[nH]c(N)nc54)O[C@@H]3COP(=O)(O)O[C@H]3[C@@H](O)[C@H](n4cnc5c(=O)[nH]c(N)nc54)O[C@@H]3COP(=O)(O)O[C@H]3[C@@H](O)[C@H](n4ccc(=O)[nH]c4=O)O[C@@H]3CO)[C@@H](O)[C@H]2O)c(=O)[nH]1. The van der Waals surface area contributed by atoms with E-state index in [0.717, 1.165) is 57.2 Å². The standard InChI is InChI=1S/C48H59N19O35P4/c49-44-57-33-20(36(77)60-44)52-10-65(33)39-24(72)23(71)14(95-39)6-90-103(82,83)100-30-15(96-41(26(30)74)64-4-2-19(70)56-48(64)81)7-92-105(86,87)101-32-17(98-43(28(32)76)67-12-54-22-35(67)59-46(51)62-38(22)79)9-93-106(88,89)102-31-16(97-42(27(31)75)66-11-53-21-34(66)58-45(50)61-37(21)78)8-91-104(84,85)99-29-13(5-68)94-40(25(29)73)63-3-1-18(69)55-47(63)80/h1-4,10-17,23-32,39-43,68,71-76H,5-9H2,(H,82,83)(H,84,85)(H,86,87)(H,88,89)(H,55,69,80)(H,56,70,81)(H3,49,57,60,77)(H3,50,58,61,78)(H3,51,59,62,79)/t13-,14-,15-,16-,17-,23-,24-,25-,26-,27-,28-,29-,30-,31-,32-,39-,40-,41-,42-,43-/m1/s1. The first-order valence-electron chi connectivity index (χ1n) is 30.4. The Morgan fingerprint density at radius 3 is 0.981 bits per heavy atom. The number of hydrogen-bond acceptors (Lipinski definition) is 40. The number of aliphatic hydroxyl groups excluding tert-OH is 7. The fourth-order valence-corrected chi connectivity index (χ4v) is 15.9. The molecule has 0 aromatic carbocycles. The highest BCUT2D eigenvalue weighted by Gasteiger charge is 2.56. The Hall–Kier alpha value is -8.23. The quantitative estimate of drug-likeness (QED) is 0.0224. The number of aromatic amines is 5. The first kappa shape index (κ1) is 76.0. The zero-order chi connectivity index (χ0) is 76.1. The number of nitrogen functional groups attached to an aromatic ring is 3. The summed E-state index contributed by atoms with van der Waals surface area (Å²) in [6, 6.07) is 1.65. The molecule has 0 bridgehead atoms. The van der Waals surface area contributed by atoms with Gasteiger partial charge in [-0.2, -0.15) is 15.0 Å². The van der Waals surface area contributed by atoms with Gasteiger partial charge in [-0.15, -0.1) is 0 Å². The van der Waals surface area contributed by atoms with Gasteiger partial charge in [0.1, 0.15) is 91.6 Å². The summed E-state index contributed by atoms with van der Waals surface area (Å²) in [5, 5.41) is 78.7. The van der Waals surface area contributed by atoms with Crippen LogP contribution < -0.4 is 56.4 Å². The number of fused-ring (bicyclic) bond motifs is 3. The first-order chi connectivity index (χ1) is 50.0. The normalized spacial score (nSPS) is 32.1. The van der Waals surface area contributed by atoms with Crippen molar-refractivity contribution in [2.45, 2.75) is 123 Å². The molecular formula is C48H59N19O35P4. The molecule has 0 spiro atoms. The van der Waals surface area contributed by atoms with Crippen molar-refractivity contribution in [3.63, 3.8) is 0 Å². The summed E-state index contributed by atoms with van der Waals surface area (Å²) in [7, 11) is -23.2. The highest BCUT2D eigenvalue weighted by Crippen LogP contribution is 2.55. The molecule has 0 saturated carbocycles. The average Bonchev–Trinajstić information content (AvgIpc) is 1.62. The van der Waals surface area contributed by atoms with Gasteiger partial charge in [-0.1, -0.05) is 0 Å². The number of nitrogens with two attached hydrogens (primary N) is 3. The molecule has 13 rings (SSSR count). The van der Waals surface area contributed by atoms with Gasteiger partial charge in [0, 0.05) is 24.5 Å². The third-order valence-electron chi connectivity index (χ3n) is 16.8. The van der Waals surface area contributed by atoms with Crippen molar-refractivity contribution in [1.82, 2.24) is 77.7 Å². The van der Waals surface area contributed by atoms with Gasteiger partial charge in [-0.25, -0.2) is 42.8 Å². The molecule has 0 radical (unpaired) electrons. The number of aromatic nitrogens is 16. The van der Waals surface area contributed by atoms with Gasteiger partial charge in [0.25, 0.3) is 27.8 Å². The lowest BCUT2D eigenvalue weighted by atomic mass is 10.1. The average molecular weight is 1590 g/mol. The summed E-state index contributed by atoms with van der Waals surface area (Å²) in [4.78, 5) is 167. The smallest absolute Gasteiger partial charge is 0.394 e. The van der Waals surface area contributed by atoms with E-state index in [9.17, 15) is 107 Å². The molecule has 22 N–H and O–H groups in total. The summed E-state index contributed by atoms with van der Waals surface area (Å²) >= 11 is 0. The van der Waals surface area contributed by atoms with Gasteiger partial charge in [0.15, 0.2) is 64.6 Å². The molecule has 8 aromatic heterocycles. The van der Waals surface area contributed by atoms with Crippen LogP contribution in [0.25, 0.3) is 33.5 Å². The summed E-state index contributed by atoms with van der Waals surface area (Å²) in [6.45, 7) is -6.28. The zero-order valence-electron chi connectivity index (χ0n) is 52.8. The maximum absolute atomic E-state index is 14.3. The number of nitrogens with one attached hydrogen (secondary N) is 5. The van der Waals surface area contributed by atoms with Gasteiger partial charge in [-0.3, -0.25) is 108 Å². The summed E-state index contributed by atoms with van der Waals surface area (Å²) in [5.74, 6) is -1.39. The number of rotatable bonds is 26. The number of H-pyrrole nitrogens is 5. The van der Waals surface area contributed by atoms with Gasteiger partial charge in [-0.05, 0) is 0 Å². The zero-order valence-corrected chi connectivity index (χ0v) is 56.4. The van der Waals surface area contributed by atoms with E-state index in [1.54, 1.807) is 0 Å². The molecule has 13 heterocycles. The second kappa shape index (κ2) is 29.1. The van der Waals surface area contributed by atoms with E-state index >= 15 is 0 Å². The molecule has 106 heavy (non-hydrogen) atoms. The van der Waals surface area contributed by atoms with E-state index in [2.05, 4.69) is 44.9 Å². The van der Waals surface area contributed by atoms with Crippen molar-refractivity contribution in [3.05, 3.63) is 116 Å². The Balaban J connectivity index is 0.734. The first-order valence-corrected chi connectivity index (χ1v) is 36.4. The number of nitrogens with zero attached hydrogens (tertiary/aromatic N) is 11. The maximum Gasteiger partial charge on any atom is 0.472 e. The Morgan fingerprint density at radius 1 is 0.396 bits per heavy atom. The second-order valence-electron chi connectivity index (χ2n) is 23.6. The second-order valence-corrected chi connectivity index (χ2v) is 29.3. The van der Waals surface area contributed by atoms with E-state index in [1.165, 1.54) is 0 Å². The van der Waals surface area contributed by atoms with Crippen LogP contribution in [-0.4, -0.2) is 258 Å². The van der Waals surface area contributed by atoms with Crippen LogP contribution in [-0.2, 0) is 78.1 Å². The lowest BCUT2D eigenvalue weighted by Gasteiger charge is -2.27. The van der Waals surface area contributed by atoms with Crippen LogP contribution in [0.4, 0.5) is 17.8 Å². The van der Waals surface area contributed by atoms with E-state index in [0.29, 0.717) is 9.13 Å². The van der Waals surface area contributed by atoms with Crippen LogP contribution in [0.5, 0.6) is 0 Å². The van der Waals surface area contributed by atoms with Crippen LogP contribution in [0.2, 0.25) is 0 Å². The largest absolute Gasteiger partial charge is 0.472 e. The van der Waals surface area contributed by atoms with Crippen LogP contribution in [0.15, 0.2) is 77.1 Å². The van der Waals surface area contributed by atoms with Crippen LogP contribution in [0, 0.1) is 0 Å². The predicted octanol–water partition coefficient (Wildman–Crippen LogP) is -9.11. The number of phosphoric acid groups is 4. The van der Waals surface area contributed by atoms with E-state index in [4.69, 9.17) is 77.1 Å². The Kier molecular flexibility index (Phi) is 20.8. The van der Waals surface area contributed by atoms with Crippen molar-refractivity contribution in [3.8, 4) is 0 Å². The Labute approximate surface area is 581 Å². The molecule has 8 aromatic rings. The molecular weight excluding hydrogens is 1530 g/mol. The van der Waals surface area contributed by atoms with E-state index < -0.39 is 260 Å². The molecule has 5 saturated heterocycles. The molecule has 0 amide bonds. The minimum absolute atomic E-state index is 0.218. The molecule has 58 heteroatoms. The molecule has 576 valence electrons. The van der Waals surface area contributed by atoms with Gasteiger partial charge < -0.3 is 96.2 Å². The van der Waals surface area contributed by atoms with Gasteiger partial charge in [0.2, 0.25) is 17.8 Å². The predicted molar refractivity (Wildman–Crippen MR) is 336 cm³/mol. The molecule has 5 fully saturated rings. The van der Waals surface area contributed by atoms with Gasteiger partial charge >= 0.3 is 42.7 Å². The minimum Gasteiger partial charge on any atom is -0.394 e. The van der Waals surface area contributed by atoms with Gasteiger partial charge in [0.05, 0.1) is 52.0 Å². The highest BCUT2D eigenvalue weighted by molar-refractivity contribution is 7.48. The monoisotopic (exact) mass is 1590 g/mol. The highest BCUT2D eigenvalue weighted by atomic mass is 31.2. The lowest BCUT2D eigenvalue weighted by Crippen LogP contribution is -2.39.